The van der Waals surface area contributed by atoms with Crippen LogP contribution in [0.15, 0.2) is 18.5 Å². The summed E-state index contributed by atoms with van der Waals surface area (Å²) < 4.78 is 11.2. The molecule has 1 unspecified atom stereocenters. The lowest BCUT2D eigenvalue weighted by atomic mass is 10.2. The maximum absolute atomic E-state index is 10.8. The number of aromatic carboxylic acids is 1. The van der Waals surface area contributed by atoms with Crippen LogP contribution in [-0.2, 0) is 4.74 Å². The molecule has 1 atom stereocenters. The van der Waals surface area contributed by atoms with Gasteiger partial charge in [-0.15, -0.1) is 0 Å². The first-order chi connectivity index (χ1) is 9.19. The van der Waals surface area contributed by atoms with Crippen LogP contribution in [0.25, 0.3) is 0 Å². The minimum absolute atomic E-state index is 0.0159. The van der Waals surface area contributed by atoms with Crippen LogP contribution in [0.4, 0.5) is 0 Å². The highest BCUT2D eigenvalue weighted by molar-refractivity contribution is 5.87. The fraction of sp³-hybridized carbons (Fsp3) is 0.538. The Bertz CT molecular complexity index is 438. The highest BCUT2D eigenvalue weighted by Gasteiger charge is 2.19. The summed E-state index contributed by atoms with van der Waals surface area (Å²) >= 11 is 0. The normalized spacial score (nSPS) is 20.2. The summed E-state index contributed by atoms with van der Waals surface area (Å²) in [5, 5.41) is 8.87. The molecule has 2 heterocycles. The first-order valence-corrected chi connectivity index (χ1v) is 6.34. The van der Waals surface area contributed by atoms with Crippen LogP contribution in [0.3, 0.4) is 0 Å². The Labute approximate surface area is 112 Å². The summed E-state index contributed by atoms with van der Waals surface area (Å²) in [6.07, 6.45) is 2.82. The van der Waals surface area contributed by atoms with Gasteiger partial charge in [-0.1, -0.05) is 6.92 Å². The molecule has 6 nitrogen and oxygen atoms in total. The Balaban J connectivity index is 1.88. The molecule has 19 heavy (non-hydrogen) atoms. The third-order valence-electron chi connectivity index (χ3n) is 3.07. The van der Waals surface area contributed by atoms with Crippen LogP contribution < -0.4 is 4.74 Å². The van der Waals surface area contributed by atoms with E-state index >= 15 is 0 Å². The number of aromatic nitrogens is 1. The fourth-order valence-corrected chi connectivity index (χ4v) is 1.97. The predicted octanol–water partition coefficient (Wildman–Crippen LogP) is 0.879. The summed E-state index contributed by atoms with van der Waals surface area (Å²) in [5.74, 6) is -0.554. The average Bonchev–Trinajstić information content (AvgIpc) is 2.45. The predicted molar refractivity (Wildman–Crippen MR) is 68.5 cm³/mol. The number of pyridine rings is 1. The monoisotopic (exact) mass is 266 g/mol. The molecular weight excluding hydrogens is 248 g/mol. The molecule has 0 aliphatic carbocycles. The molecule has 6 heteroatoms. The maximum Gasteiger partial charge on any atom is 0.337 e. The van der Waals surface area contributed by atoms with Gasteiger partial charge >= 0.3 is 5.97 Å². The van der Waals surface area contributed by atoms with Gasteiger partial charge in [0.1, 0.15) is 18.5 Å². The average molecular weight is 266 g/mol. The second-order valence-corrected chi connectivity index (χ2v) is 4.41. The van der Waals surface area contributed by atoms with Crippen molar-refractivity contribution >= 4 is 5.97 Å². The Morgan fingerprint density at radius 1 is 1.63 bits per heavy atom. The first-order valence-electron chi connectivity index (χ1n) is 6.34. The molecule has 0 amide bonds. The first kappa shape index (κ1) is 13.8. The minimum Gasteiger partial charge on any atom is -0.489 e. The number of rotatable bonds is 5. The van der Waals surface area contributed by atoms with E-state index in [0.717, 1.165) is 19.6 Å². The summed E-state index contributed by atoms with van der Waals surface area (Å²) in [5.41, 5.74) is 0.122. The summed E-state index contributed by atoms with van der Waals surface area (Å²) in [7, 11) is 0. The molecule has 0 bridgehead atoms. The number of carbonyl (C=O) groups is 1. The molecule has 2 rings (SSSR count). The van der Waals surface area contributed by atoms with Crippen LogP contribution in [0, 0.1) is 0 Å². The molecule has 1 aliphatic heterocycles. The zero-order chi connectivity index (χ0) is 13.7. The Hall–Kier alpha value is -1.66. The minimum atomic E-state index is -1.01. The van der Waals surface area contributed by atoms with Crippen molar-refractivity contribution in [2.75, 3.05) is 32.8 Å². The van der Waals surface area contributed by atoms with Gasteiger partial charge in [-0.2, -0.15) is 0 Å². The molecule has 1 fully saturated rings. The van der Waals surface area contributed by atoms with Crippen molar-refractivity contribution in [3.8, 4) is 5.75 Å². The van der Waals surface area contributed by atoms with Gasteiger partial charge in [0.15, 0.2) is 0 Å². The third-order valence-corrected chi connectivity index (χ3v) is 3.07. The molecule has 104 valence electrons. The zero-order valence-corrected chi connectivity index (χ0v) is 10.9. The van der Waals surface area contributed by atoms with Gasteiger partial charge in [0.25, 0.3) is 0 Å². The van der Waals surface area contributed by atoms with E-state index in [1.165, 1.54) is 18.5 Å². The zero-order valence-electron chi connectivity index (χ0n) is 10.9. The number of carboxylic acid groups (broad SMARTS) is 1. The van der Waals surface area contributed by atoms with Crippen LogP contribution in [-0.4, -0.2) is 59.9 Å². The van der Waals surface area contributed by atoms with Crippen molar-refractivity contribution in [2.45, 2.75) is 13.0 Å². The number of likely N-dealkylation sites (N-methyl/N-ethyl adjacent to an activating group) is 1. The lowest BCUT2D eigenvalue weighted by Crippen LogP contribution is -2.44. The second-order valence-electron chi connectivity index (χ2n) is 4.41. The number of ether oxygens (including phenoxy) is 2. The van der Waals surface area contributed by atoms with E-state index in [4.69, 9.17) is 14.6 Å². The maximum atomic E-state index is 10.8. The van der Waals surface area contributed by atoms with Crippen LogP contribution >= 0.6 is 0 Å². The van der Waals surface area contributed by atoms with Gasteiger partial charge in [-0.25, -0.2) is 4.79 Å². The summed E-state index contributed by atoms with van der Waals surface area (Å²) in [4.78, 5) is 17.0. The van der Waals surface area contributed by atoms with E-state index in [1.807, 2.05) is 0 Å². The Morgan fingerprint density at radius 2 is 2.47 bits per heavy atom. The molecular formula is C13H18N2O4. The lowest BCUT2D eigenvalue weighted by Gasteiger charge is -2.31. The van der Waals surface area contributed by atoms with Gasteiger partial charge in [-0.3, -0.25) is 9.88 Å². The topological polar surface area (TPSA) is 71.9 Å². The fourth-order valence-electron chi connectivity index (χ4n) is 1.97. The van der Waals surface area contributed by atoms with Crippen molar-refractivity contribution in [3.63, 3.8) is 0 Å². The molecule has 0 spiro atoms. The Kier molecular flexibility index (Phi) is 4.70. The van der Waals surface area contributed by atoms with Crippen molar-refractivity contribution < 1.29 is 19.4 Å². The quantitative estimate of drug-likeness (QED) is 0.853. The number of morpholine rings is 1. The largest absolute Gasteiger partial charge is 0.489 e. The number of hydrogen-bond donors (Lipinski definition) is 1. The van der Waals surface area contributed by atoms with Gasteiger partial charge in [0, 0.05) is 19.3 Å². The molecule has 1 aromatic rings. The molecule has 0 radical (unpaired) electrons. The highest BCUT2D eigenvalue weighted by Crippen LogP contribution is 2.13. The van der Waals surface area contributed by atoms with E-state index < -0.39 is 5.97 Å². The SMILES string of the molecule is CCN1CCOC(COc2cncc(C(=O)O)c2)C1. The highest BCUT2D eigenvalue weighted by atomic mass is 16.5. The van der Waals surface area contributed by atoms with E-state index in [9.17, 15) is 4.79 Å². The smallest absolute Gasteiger partial charge is 0.337 e. The molecule has 1 N–H and O–H groups in total. The van der Waals surface area contributed by atoms with Crippen molar-refractivity contribution in [3.05, 3.63) is 24.0 Å². The van der Waals surface area contributed by atoms with E-state index in [1.54, 1.807) is 0 Å². The van der Waals surface area contributed by atoms with Crippen LogP contribution in [0.5, 0.6) is 5.75 Å². The van der Waals surface area contributed by atoms with Gasteiger partial charge in [0.2, 0.25) is 0 Å². The lowest BCUT2D eigenvalue weighted by molar-refractivity contribution is -0.0464. The Morgan fingerprint density at radius 3 is 3.21 bits per heavy atom. The molecule has 1 aromatic heterocycles. The second kappa shape index (κ2) is 6.49. The summed E-state index contributed by atoms with van der Waals surface area (Å²) in [6, 6.07) is 1.47. The van der Waals surface area contributed by atoms with E-state index in [-0.39, 0.29) is 11.7 Å². The number of hydrogen-bond acceptors (Lipinski definition) is 5. The molecule has 0 saturated carbocycles. The molecule has 0 aromatic carbocycles. The van der Waals surface area contributed by atoms with Crippen molar-refractivity contribution in [2.24, 2.45) is 0 Å². The number of carboxylic acids is 1. The standard InChI is InChI=1S/C13H18N2O4/c1-2-15-3-4-18-12(8-15)9-19-11-5-10(13(16)17)6-14-7-11/h5-7,12H,2-4,8-9H2,1H3,(H,16,17). The van der Waals surface area contributed by atoms with Crippen LogP contribution in [0.1, 0.15) is 17.3 Å². The summed E-state index contributed by atoms with van der Waals surface area (Å²) in [6.45, 7) is 6.00. The molecule has 1 saturated heterocycles. The molecule has 1 aliphatic rings. The van der Waals surface area contributed by atoms with Gasteiger partial charge < -0.3 is 14.6 Å². The third kappa shape index (κ3) is 3.90. The van der Waals surface area contributed by atoms with Crippen LogP contribution in [0.2, 0.25) is 0 Å². The van der Waals surface area contributed by atoms with E-state index in [0.29, 0.717) is 19.0 Å². The van der Waals surface area contributed by atoms with Gasteiger partial charge in [0.05, 0.1) is 18.4 Å². The van der Waals surface area contributed by atoms with Gasteiger partial charge in [-0.05, 0) is 12.6 Å². The van der Waals surface area contributed by atoms with Crippen molar-refractivity contribution in [1.29, 1.82) is 0 Å². The number of nitrogens with zero attached hydrogens (tertiary/aromatic N) is 2. The van der Waals surface area contributed by atoms with Crippen molar-refractivity contribution in [1.82, 2.24) is 9.88 Å². The van der Waals surface area contributed by atoms with E-state index in [2.05, 4.69) is 16.8 Å².